The Kier molecular flexibility index (Phi) is 3.68. The summed E-state index contributed by atoms with van der Waals surface area (Å²) in [6.45, 7) is 2.75. The minimum Gasteiger partial charge on any atom is -0.325 e. The van der Waals surface area contributed by atoms with Crippen molar-refractivity contribution in [3.63, 3.8) is 0 Å². The van der Waals surface area contributed by atoms with Gasteiger partial charge in [-0.3, -0.25) is 0 Å². The Morgan fingerprint density at radius 3 is 2.41 bits per heavy atom. The van der Waals surface area contributed by atoms with Gasteiger partial charge in [-0.1, -0.05) is 15.9 Å². The van der Waals surface area contributed by atoms with E-state index in [1.54, 1.807) is 0 Å². The molecule has 0 N–H and O–H groups in total. The molecule has 0 bridgehead atoms. The molecule has 0 aliphatic heterocycles. The minimum atomic E-state index is -0.569. The zero-order chi connectivity index (χ0) is 12.3. The van der Waals surface area contributed by atoms with Crippen LogP contribution in [0.4, 0.5) is 15.9 Å². The summed E-state index contributed by atoms with van der Waals surface area (Å²) in [6.07, 6.45) is 2.55. The van der Waals surface area contributed by atoms with Crippen LogP contribution in [0.1, 0.15) is 6.92 Å². The first-order valence-corrected chi connectivity index (χ1v) is 6.00. The van der Waals surface area contributed by atoms with E-state index in [-0.39, 0.29) is 0 Å². The van der Waals surface area contributed by atoms with Gasteiger partial charge in [0, 0.05) is 16.7 Å². The lowest BCUT2D eigenvalue weighted by molar-refractivity contribution is 0.576. The highest BCUT2D eigenvalue weighted by Crippen LogP contribution is 2.24. The van der Waals surface area contributed by atoms with Crippen LogP contribution in [0.15, 0.2) is 41.1 Å². The SMILES string of the molecule is CCN(c1ccc(Br)cc1)c1cnc(F)cn1. The highest BCUT2D eigenvalue weighted by Gasteiger charge is 2.08. The molecule has 0 aliphatic carbocycles. The Labute approximate surface area is 107 Å². The van der Waals surface area contributed by atoms with Gasteiger partial charge in [-0.25, -0.2) is 9.97 Å². The minimum absolute atomic E-state index is 0.569. The van der Waals surface area contributed by atoms with Crippen molar-refractivity contribution in [1.82, 2.24) is 9.97 Å². The van der Waals surface area contributed by atoms with Crippen LogP contribution in [-0.4, -0.2) is 16.5 Å². The summed E-state index contributed by atoms with van der Waals surface area (Å²) in [4.78, 5) is 9.59. The molecule has 3 nitrogen and oxygen atoms in total. The number of anilines is 2. The van der Waals surface area contributed by atoms with Crippen molar-refractivity contribution in [2.75, 3.05) is 11.4 Å². The van der Waals surface area contributed by atoms with E-state index in [1.165, 1.54) is 6.20 Å². The van der Waals surface area contributed by atoms with Crippen LogP contribution in [0.2, 0.25) is 0 Å². The lowest BCUT2D eigenvalue weighted by atomic mass is 10.3. The van der Waals surface area contributed by atoms with Crippen molar-refractivity contribution in [3.8, 4) is 0 Å². The fraction of sp³-hybridized carbons (Fsp3) is 0.167. The van der Waals surface area contributed by atoms with Crippen molar-refractivity contribution >= 4 is 27.4 Å². The fourth-order valence-corrected chi connectivity index (χ4v) is 1.81. The molecular formula is C12H11BrFN3. The summed E-state index contributed by atoms with van der Waals surface area (Å²) in [5, 5.41) is 0. The zero-order valence-corrected chi connectivity index (χ0v) is 10.9. The molecule has 17 heavy (non-hydrogen) atoms. The first-order chi connectivity index (χ1) is 8.20. The van der Waals surface area contributed by atoms with E-state index < -0.39 is 5.95 Å². The number of rotatable bonds is 3. The van der Waals surface area contributed by atoms with Gasteiger partial charge in [0.1, 0.15) is 0 Å². The quantitative estimate of drug-likeness (QED) is 0.867. The van der Waals surface area contributed by atoms with Crippen LogP contribution in [0.5, 0.6) is 0 Å². The monoisotopic (exact) mass is 295 g/mol. The van der Waals surface area contributed by atoms with Crippen LogP contribution in [-0.2, 0) is 0 Å². The Morgan fingerprint density at radius 2 is 1.88 bits per heavy atom. The van der Waals surface area contributed by atoms with Gasteiger partial charge in [0.15, 0.2) is 5.82 Å². The number of hydrogen-bond donors (Lipinski definition) is 0. The number of nitrogens with zero attached hydrogens (tertiary/aromatic N) is 3. The average Bonchev–Trinajstić information content (AvgIpc) is 2.35. The van der Waals surface area contributed by atoms with Crippen LogP contribution >= 0.6 is 15.9 Å². The first kappa shape index (κ1) is 12.0. The van der Waals surface area contributed by atoms with Gasteiger partial charge in [0.2, 0.25) is 5.95 Å². The molecule has 5 heteroatoms. The summed E-state index contributed by atoms with van der Waals surface area (Å²) in [5.41, 5.74) is 0.997. The van der Waals surface area contributed by atoms with E-state index in [4.69, 9.17) is 0 Å². The molecule has 0 aliphatic rings. The first-order valence-electron chi connectivity index (χ1n) is 5.21. The highest BCUT2D eigenvalue weighted by molar-refractivity contribution is 9.10. The van der Waals surface area contributed by atoms with Crippen LogP contribution < -0.4 is 4.90 Å². The number of halogens is 2. The molecule has 2 rings (SSSR count). The average molecular weight is 296 g/mol. The Hall–Kier alpha value is -1.49. The van der Waals surface area contributed by atoms with Crippen molar-refractivity contribution in [3.05, 3.63) is 47.1 Å². The molecular weight excluding hydrogens is 285 g/mol. The maximum atomic E-state index is 12.7. The predicted octanol–water partition coefficient (Wildman–Crippen LogP) is 3.54. The standard InChI is InChI=1S/C12H11BrFN3/c1-2-17(10-5-3-9(13)4-6-10)12-8-15-11(14)7-16-12/h3-8H,2H2,1H3. The molecule has 88 valence electrons. The van der Waals surface area contributed by atoms with Crippen LogP contribution in [0.25, 0.3) is 0 Å². The van der Waals surface area contributed by atoms with Crippen LogP contribution in [0, 0.1) is 5.95 Å². The molecule has 2 aromatic rings. The third-order valence-corrected chi connectivity index (χ3v) is 2.87. The van der Waals surface area contributed by atoms with Crippen molar-refractivity contribution in [2.24, 2.45) is 0 Å². The largest absolute Gasteiger partial charge is 0.325 e. The molecule has 0 atom stereocenters. The molecule has 0 saturated heterocycles. The molecule has 0 fully saturated rings. The molecule has 0 unspecified atom stereocenters. The molecule has 0 radical (unpaired) electrons. The van der Waals surface area contributed by atoms with E-state index in [2.05, 4.69) is 25.9 Å². The second-order valence-electron chi connectivity index (χ2n) is 3.42. The van der Waals surface area contributed by atoms with Gasteiger partial charge < -0.3 is 4.90 Å². The lowest BCUT2D eigenvalue weighted by Crippen LogP contribution is -2.17. The lowest BCUT2D eigenvalue weighted by Gasteiger charge is -2.21. The summed E-state index contributed by atoms with van der Waals surface area (Å²) in [6, 6.07) is 7.85. The molecule has 0 spiro atoms. The summed E-state index contributed by atoms with van der Waals surface area (Å²) < 4.78 is 13.7. The van der Waals surface area contributed by atoms with Gasteiger partial charge >= 0.3 is 0 Å². The molecule has 1 aromatic carbocycles. The van der Waals surface area contributed by atoms with Gasteiger partial charge in [-0.15, -0.1) is 0 Å². The van der Waals surface area contributed by atoms with E-state index in [0.717, 1.165) is 22.9 Å². The van der Waals surface area contributed by atoms with E-state index >= 15 is 0 Å². The third-order valence-electron chi connectivity index (χ3n) is 2.34. The zero-order valence-electron chi connectivity index (χ0n) is 9.27. The van der Waals surface area contributed by atoms with Gasteiger partial charge in [-0.2, -0.15) is 4.39 Å². The van der Waals surface area contributed by atoms with E-state index in [9.17, 15) is 4.39 Å². The molecule has 1 heterocycles. The van der Waals surface area contributed by atoms with Crippen LogP contribution in [0.3, 0.4) is 0 Å². The van der Waals surface area contributed by atoms with Gasteiger partial charge in [0.05, 0.1) is 12.4 Å². The van der Waals surface area contributed by atoms with E-state index in [1.807, 2.05) is 36.1 Å². The van der Waals surface area contributed by atoms with E-state index in [0.29, 0.717) is 5.82 Å². The Bertz CT molecular complexity index is 439. The maximum Gasteiger partial charge on any atom is 0.231 e. The topological polar surface area (TPSA) is 29.0 Å². The summed E-state index contributed by atoms with van der Waals surface area (Å²) in [7, 11) is 0. The van der Waals surface area contributed by atoms with Crippen molar-refractivity contribution in [1.29, 1.82) is 0 Å². The Balaban J connectivity index is 2.33. The second kappa shape index (κ2) is 5.23. The second-order valence-corrected chi connectivity index (χ2v) is 4.33. The smallest absolute Gasteiger partial charge is 0.231 e. The molecule has 0 saturated carbocycles. The highest BCUT2D eigenvalue weighted by atomic mass is 79.9. The fourth-order valence-electron chi connectivity index (χ4n) is 1.54. The summed E-state index contributed by atoms with van der Waals surface area (Å²) in [5.74, 6) is 0.0665. The number of hydrogen-bond acceptors (Lipinski definition) is 3. The van der Waals surface area contributed by atoms with Crippen molar-refractivity contribution < 1.29 is 4.39 Å². The normalized spacial score (nSPS) is 10.3. The number of aromatic nitrogens is 2. The van der Waals surface area contributed by atoms with Gasteiger partial charge in [-0.05, 0) is 31.2 Å². The predicted molar refractivity (Wildman–Crippen MR) is 68.8 cm³/mol. The van der Waals surface area contributed by atoms with Crippen molar-refractivity contribution in [2.45, 2.75) is 6.92 Å². The number of benzene rings is 1. The van der Waals surface area contributed by atoms with Gasteiger partial charge in [0.25, 0.3) is 0 Å². The summed E-state index contributed by atoms with van der Waals surface area (Å²) >= 11 is 3.39. The maximum absolute atomic E-state index is 12.7. The molecule has 1 aromatic heterocycles. The third kappa shape index (κ3) is 2.79. The molecule has 0 amide bonds. The Morgan fingerprint density at radius 1 is 1.18 bits per heavy atom.